The highest BCUT2D eigenvalue weighted by Gasteiger charge is 2.08. The molecule has 0 aromatic carbocycles. The average Bonchev–Trinajstić information content (AvgIpc) is 2.03. The van der Waals surface area contributed by atoms with Crippen molar-refractivity contribution in [1.82, 2.24) is 5.32 Å². The summed E-state index contributed by atoms with van der Waals surface area (Å²) in [5, 5.41) is 3.30. The van der Waals surface area contributed by atoms with Crippen LogP contribution in [0.3, 0.4) is 0 Å². The quantitative estimate of drug-likeness (QED) is 0.602. The van der Waals surface area contributed by atoms with Crippen molar-refractivity contribution in [3.63, 3.8) is 0 Å². The second-order valence-corrected chi connectivity index (χ2v) is 3.08. The van der Waals surface area contributed by atoms with E-state index in [-0.39, 0.29) is 5.78 Å². The molecular formula is C9H15NO. The number of hydrogen-bond acceptors (Lipinski definition) is 2. The second kappa shape index (κ2) is 4.29. The van der Waals surface area contributed by atoms with Gasteiger partial charge in [-0.2, -0.15) is 0 Å². The first-order valence-electron chi connectivity index (χ1n) is 4.18. The van der Waals surface area contributed by atoms with Crippen molar-refractivity contribution in [1.29, 1.82) is 0 Å². The van der Waals surface area contributed by atoms with Gasteiger partial charge >= 0.3 is 0 Å². The predicted octanol–water partition coefficient (Wildman–Crippen LogP) is 1.13. The summed E-state index contributed by atoms with van der Waals surface area (Å²) in [5.74, 6) is 0.725. The Morgan fingerprint density at radius 2 is 2.45 bits per heavy atom. The molecule has 1 heterocycles. The molecule has 1 saturated heterocycles. The van der Waals surface area contributed by atoms with E-state index < -0.39 is 0 Å². The maximum atomic E-state index is 10.6. The van der Waals surface area contributed by atoms with E-state index in [0.717, 1.165) is 13.1 Å². The van der Waals surface area contributed by atoms with Crippen LogP contribution in [-0.4, -0.2) is 18.9 Å². The highest BCUT2D eigenvalue weighted by Crippen LogP contribution is 2.10. The molecule has 62 valence electrons. The first-order chi connectivity index (χ1) is 5.29. The lowest BCUT2D eigenvalue weighted by atomic mass is 9.99. The molecule has 1 fully saturated rings. The molecule has 2 heteroatoms. The molecule has 1 N–H and O–H groups in total. The Labute approximate surface area is 67.7 Å². The van der Waals surface area contributed by atoms with E-state index >= 15 is 0 Å². The fourth-order valence-electron chi connectivity index (χ4n) is 1.31. The van der Waals surface area contributed by atoms with E-state index in [4.69, 9.17) is 0 Å². The van der Waals surface area contributed by atoms with Gasteiger partial charge in [-0.05, 0) is 38.3 Å². The fraction of sp³-hybridized carbons (Fsp3) is 0.667. The van der Waals surface area contributed by atoms with Crippen LogP contribution >= 0.6 is 0 Å². The summed E-state index contributed by atoms with van der Waals surface area (Å²) in [6.07, 6.45) is 6.15. The molecule has 0 aromatic rings. The van der Waals surface area contributed by atoms with E-state index in [0.29, 0.717) is 5.92 Å². The summed E-state index contributed by atoms with van der Waals surface area (Å²) in [7, 11) is 0. The van der Waals surface area contributed by atoms with E-state index in [9.17, 15) is 4.79 Å². The minimum atomic E-state index is 0.149. The van der Waals surface area contributed by atoms with Crippen molar-refractivity contribution >= 4 is 5.78 Å². The number of ketones is 1. The largest absolute Gasteiger partial charge is 0.316 e. The molecule has 0 aromatic heterocycles. The van der Waals surface area contributed by atoms with E-state index in [1.165, 1.54) is 12.8 Å². The number of hydrogen-bond donors (Lipinski definition) is 1. The molecule has 0 saturated carbocycles. The monoisotopic (exact) mass is 153 g/mol. The van der Waals surface area contributed by atoms with Crippen LogP contribution in [0.5, 0.6) is 0 Å². The third-order valence-electron chi connectivity index (χ3n) is 1.94. The topological polar surface area (TPSA) is 29.1 Å². The molecule has 1 rings (SSSR count). The third kappa shape index (κ3) is 3.33. The normalized spacial score (nSPS) is 25.7. The zero-order valence-corrected chi connectivity index (χ0v) is 6.97. The molecule has 1 aliphatic heterocycles. The van der Waals surface area contributed by atoms with Crippen molar-refractivity contribution < 1.29 is 4.79 Å². The van der Waals surface area contributed by atoms with Crippen LogP contribution in [-0.2, 0) is 4.79 Å². The SMILES string of the molecule is CC(=O)/C=C\C1CCCNC1. The molecule has 2 nitrogen and oxygen atoms in total. The molecule has 1 aliphatic rings. The maximum absolute atomic E-state index is 10.6. The smallest absolute Gasteiger partial charge is 0.152 e. The van der Waals surface area contributed by atoms with Crippen LogP contribution < -0.4 is 5.32 Å². The van der Waals surface area contributed by atoms with Crippen molar-refractivity contribution in [3.05, 3.63) is 12.2 Å². The molecule has 0 aliphatic carbocycles. The zero-order valence-electron chi connectivity index (χ0n) is 6.97. The number of nitrogens with one attached hydrogen (secondary N) is 1. The van der Waals surface area contributed by atoms with Crippen molar-refractivity contribution in [2.24, 2.45) is 5.92 Å². The van der Waals surface area contributed by atoms with E-state index in [1.54, 1.807) is 13.0 Å². The Balaban J connectivity index is 2.29. The lowest BCUT2D eigenvalue weighted by molar-refractivity contribution is -0.112. The van der Waals surface area contributed by atoms with Gasteiger partial charge in [0.05, 0.1) is 0 Å². The Morgan fingerprint density at radius 1 is 1.64 bits per heavy atom. The summed E-state index contributed by atoms with van der Waals surface area (Å²) in [4.78, 5) is 10.6. The van der Waals surface area contributed by atoms with Gasteiger partial charge in [0.1, 0.15) is 0 Å². The Morgan fingerprint density at radius 3 is 3.00 bits per heavy atom. The van der Waals surface area contributed by atoms with Crippen LogP contribution in [0.25, 0.3) is 0 Å². The fourth-order valence-corrected chi connectivity index (χ4v) is 1.31. The van der Waals surface area contributed by atoms with Crippen LogP contribution in [0, 0.1) is 5.92 Å². The van der Waals surface area contributed by atoms with Crippen LogP contribution in [0.2, 0.25) is 0 Å². The first kappa shape index (κ1) is 8.47. The number of piperidine rings is 1. The standard InChI is InChI=1S/C9H15NO/c1-8(11)4-5-9-3-2-6-10-7-9/h4-5,9-10H,2-3,6-7H2,1H3/b5-4-. The number of allylic oxidation sites excluding steroid dienone is 1. The number of rotatable bonds is 2. The Bertz CT molecular complexity index is 157. The Kier molecular flexibility index (Phi) is 3.30. The zero-order chi connectivity index (χ0) is 8.10. The van der Waals surface area contributed by atoms with Crippen LogP contribution in [0.1, 0.15) is 19.8 Å². The molecule has 0 amide bonds. The summed E-state index contributed by atoms with van der Waals surface area (Å²) in [6, 6.07) is 0. The highest BCUT2D eigenvalue weighted by molar-refractivity contribution is 5.87. The lowest BCUT2D eigenvalue weighted by Crippen LogP contribution is -2.28. The first-order valence-corrected chi connectivity index (χ1v) is 4.18. The van der Waals surface area contributed by atoms with Gasteiger partial charge in [0.25, 0.3) is 0 Å². The molecule has 11 heavy (non-hydrogen) atoms. The molecule has 1 atom stereocenters. The summed E-state index contributed by atoms with van der Waals surface area (Å²) in [6.45, 7) is 3.75. The van der Waals surface area contributed by atoms with Gasteiger partial charge < -0.3 is 5.32 Å². The average molecular weight is 153 g/mol. The Hall–Kier alpha value is -0.630. The van der Waals surface area contributed by atoms with E-state index in [1.807, 2.05) is 6.08 Å². The summed E-state index contributed by atoms with van der Waals surface area (Å²) >= 11 is 0. The maximum Gasteiger partial charge on any atom is 0.152 e. The summed E-state index contributed by atoms with van der Waals surface area (Å²) in [5.41, 5.74) is 0. The summed E-state index contributed by atoms with van der Waals surface area (Å²) < 4.78 is 0. The molecule has 0 bridgehead atoms. The lowest BCUT2D eigenvalue weighted by Gasteiger charge is -2.18. The van der Waals surface area contributed by atoms with Crippen LogP contribution in [0.15, 0.2) is 12.2 Å². The van der Waals surface area contributed by atoms with Crippen molar-refractivity contribution in [3.8, 4) is 0 Å². The minimum Gasteiger partial charge on any atom is -0.316 e. The molecule has 0 spiro atoms. The van der Waals surface area contributed by atoms with Crippen LogP contribution in [0.4, 0.5) is 0 Å². The van der Waals surface area contributed by atoms with Gasteiger partial charge in [-0.1, -0.05) is 6.08 Å². The second-order valence-electron chi connectivity index (χ2n) is 3.08. The third-order valence-corrected chi connectivity index (χ3v) is 1.94. The molecule has 1 unspecified atom stereocenters. The minimum absolute atomic E-state index is 0.149. The van der Waals surface area contributed by atoms with Gasteiger partial charge in [-0.25, -0.2) is 0 Å². The van der Waals surface area contributed by atoms with Gasteiger partial charge in [-0.15, -0.1) is 0 Å². The van der Waals surface area contributed by atoms with Crippen molar-refractivity contribution in [2.45, 2.75) is 19.8 Å². The van der Waals surface area contributed by atoms with E-state index in [2.05, 4.69) is 5.32 Å². The van der Waals surface area contributed by atoms with Gasteiger partial charge in [0.2, 0.25) is 0 Å². The highest BCUT2D eigenvalue weighted by atomic mass is 16.1. The van der Waals surface area contributed by atoms with Gasteiger partial charge in [-0.3, -0.25) is 4.79 Å². The molecular weight excluding hydrogens is 138 g/mol. The van der Waals surface area contributed by atoms with Gasteiger partial charge in [0.15, 0.2) is 5.78 Å². The number of carbonyl (C=O) groups excluding carboxylic acids is 1. The van der Waals surface area contributed by atoms with Crippen molar-refractivity contribution in [2.75, 3.05) is 13.1 Å². The number of carbonyl (C=O) groups is 1. The van der Waals surface area contributed by atoms with Gasteiger partial charge in [0, 0.05) is 6.54 Å². The molecule has 0 radical (unpaired) electrons. The predicted molar refractivity (Wildman–Crippen MR) is 45.4 cm³/mol.